The highest BCUT2D eigenvalue weighted by Crippen LogP contribution is 2.31. The van der Waals surface area contributed by atoms with Gasteiger partial charge >= 0.3 is 0 Å². The summed E-state index contributed by atoms with van der Waals surface area (Å²) in [4.78, 5) is 0. The molecule has 0 aliphatic carbocycles. The van der Waals surface area contributed by atoms with Crippen LogP contribution in [0.4, 0.5) is 8.78 Å². The maximum absolute atomic E-state index is 13.6. The first kappa shape index (κ1) is 14.6. The highest BCUT2D eigenvalue weighted by Gasteiger charge is 2.15. The first-order chi connectivity index (χ1) is 8.99. The van der Waals surface area contributed by atoms with E-state index in [-0.39, 0.29) is 11.4 Å². The molecule has 19 heavy (non-hydrogen) atoms. The lowest BCUT2D eigenvalue weighted by atomic mass is 10.0. The van der Waals surface area contributed by atoms with Gasteiger partial charge in [-0.05, 0) is 36.2 Å². The van der Waals surface area contributed by atoms with Gasteiger partial charge in [0.05, 0.1) is 10.4 Å². The zero-order valence-corrected chi connectivity index (χ0v) is 11.9. The minimum absolute atomic E-state index is 0.0113. The van der Waals surface area contributed by atoms with Crippen molar-refractivity contribution < 1.29 is 8.78 Å². The summed E-state index contributed by atoms with van der Waals surface area (Å²) < 4.78 is 26.7. The van der Waals surface area contributed by atoms with Gasteiger partial charge in [-0.2, -0.15) is 0 Å². The minimum Gasteiger partial charge on any atom is -0.207 e. The molecule has 0 aliphatic rings. The molecule has 0 saturated carbocycles. The lowest BCUT2D eigenvalue weighted by Gasteiger charge is -2.12. The summed E-state index contributed by atoms with van der Waals surface area (Å²) in [5, 5.41) is -0.228. The van der Waals surface area contributed by atoms with E-state index < -0.39 is 17.0 Å². The topological polar surface area (TPSA) is 0 Å². The Morgan fingerprint density at radius 3 is 2.32 bits per heavy atom. The van der Waals surface area contributed by atoms with Crippen molar-refractivity contribution in [2.24, 2.45) is 0 Å². The first-order valence-electron chi connectivity index (χ1n) is 5.51. The Labute approximate surface area is 124 Å². The van der Waals surface area contributed by atoms with Gasteiger partial charge in [-0.1, -0.05) is 35.3 Å². The van der Waals surface area contributed by atoms with E-state index >= 15 is 0 Å². The molecule has 0 amide bonds. The Hall–Kier alpha value is -0.830. The molecule has 0 nitrogen and oxygen atoms in total. The lowest BCUT2D eigenvalue weighted by Crippen LogP contribution is -2.00. The van der Waals surface area contributed by atoms with Crippen LogP contribution in [-0.4, -0.2) is 0 Å². The monoisotopic (exact) mass is 320 g/mol. The van der Waals surface area contributed by atoms with E-state index in [1.54, 1.807) is 6.07 Å². The molecule has 1 atom stereocenters. The van der Waals surface area contributed by atoms with E-state index in [9.17, 15) is 8.78 Å². The van der Waals surface area contributed by atoms with Gasteiger partial charge in [0, 0.05) is 10.6 Å². The van der Waals surface area contributed by atoms with Gasteiger partial charge in [-0.15, -0.1) is 11.6 Å². The third-order valence-electron chi connectivity index (χ3n) is 2.75. The Bertz CT molecular complexity index is 579. The van der Waals surface area contributed by atoms with Crippen LogP contribution in [0.5, 0.6) is 0 Å². The molecule has 0 fully saturated rings. The number of halogens is 5. The van der Waals surface area contributed by atoms with E-state index in [4.69, 9.17) is 34.8 Å². The van der Waals surface area contributed by atoms with Crippen LogP contribution < -0.4 is 0 Å². The van der Waals surface area contributed by atoms with E-state index in [1.165, 1.54) is 30.3 Å². The van der Waals surface area contributed by atoms with Crippen molar-refractivity contribution in [1.82, 2.24) is 0 Å². The largest absolute Gasteiger partial charge is 0.207 e. The number of rotatable bonds is 3. The molecule has 2 aromatic carbocycles. The van der Waals surface area contributed by atoms with E-state index in [1.807, 2.05) is 0 Å². The van der Waals surface area contributed by atoms with Crippen LogP contribution in [0.15, 0.2) is 36.4 Å². The lowest BCUT2D eigenvalue weighted by molar-refractivity contribution is 0.606. The third kappa shape index (κ3) is 3.38. The van der Waals surface area contributed by atoms with Crippen molar-refractivity contribution in [2.45, 2.75) is 11.8 Å². The Balaban J connectivity index is 2.25. The molecule has 0 heterocycles. The van der Waals surface area contributed by atoms with Gasteiger partial charge in [0.1, 0.15) is 11.6 Å². The van der Waals surface area contributed by atoms with E-state index in [2.05, 4.69) is 0 Å². The zero-order chi connectivity index (χ0) is 14.0. The quantitative estimate of drug-likeness (QED) is 0.627. The van der Waals surface area contributed by atoms with Gasteiger partial charge in [-0.25, -0.2) is 8.78 Å². The normalized spacial score (nSPS) is 12.5. The molecule has 5 heteroatoms. The van der Waals surface area contributed by atoms with Crippen LogP contribution in [0, 0.1) is 11.6 Å². The smallest absolute Gasteiger partial charge is 0.141 e. The molecule has 0 spiro atoms. The van der Waals surface area contributed by atoms with Crippen molar-refractivity contribution in [3.63, 3.8) is 0 Å². The molecular formula is C14H9Cl3F2. The Kier molecular flexibility index (Phi) is 4.67. The fourth-order valence-electron chi connectivity index (χ4n) is 1.73. The molecule has 0 aliphatic heterocycles. The highest BCUT2D eigenvalue weighted by molar-refractivity contribution is 6.31. The Morgan fingerprint density at radius 2 is 1.68 bits per heavy atom. The summed E-state index contributed by atoms with van der Waals surface area (Å²) >= 11 is 17.8. The van der Waals surface area contributed by atoms with E-state index in [0.717, 1.165) is 0 Å². The van der Waals surface area contributed by atoms with Crippen molar-refractivity contribution >= 4 is 34.8 Å². The summed E-state index contributed by atoms with van der Waals surface area (Å²) in [6.45, 7) is 0. The SMILES string of the molecule is Fc1ccc(C(Cl)Cc2c(F)cccc2Cl)cc1Cl. The number of hydrogen-bond donors (Lipinski definition) is 0. The second-order valence-electron chi connectivity index (χ2n) is 4.05. The molecular weight excluding hydrogens is 313 g/mol. The molecule has 0 radical (unpaired) electrons. The first-order valence-corrected chi connectivity index (χ1v) is 6.70. The molecule has 1 unspecified atom stereocenters. The molecule has 2 rings (SSSR count). The van der Waals surface area contributed by atoms with Gasteiger partial charge in [-0.3, -0.25) is 0 Å². The van der Waals surface area contributed by atoms with Crippen LogP contribution in [0.1, 0.15) is 16.5 Å². The molecule has 100 valence electrons. The van der Waals surface area contributed by atoms with E-state index in [0.29, 0.717) is 16.1 Å². The van der Waals surface area contributed by atoms with Crippen LogP contribution in [0.2, 0.25) is 10.0 Å². The van der Waals surface area contributed by atoms with Crippen molar-refractivity contribution in [1.29, 1.82) is 0 Å². The van der Waals surface area contributed by atoms with Crippen LogP contribution >= 0.6 is 34.8 Å². The number of benzene rings is 2. The van der Waals surface area contributed by atoms with Crippen molar-refractivity contribution in [3.05, 3.63) is 69.2 Å². The average Bonchev–Trinajstić information content (AvgIpc) is 2.37. The van der Waals surface area contributed by atoms with Gasteiger partial charge in [0.15, 0.2) is 0 Å². The second-order valence-corrected chi connectivity index (χ2v) is 5.39. The molecule has 0 saturated heterocycles. The zero-order valence-electron chi connectivity index (χ0n) is 9.64. The summed E-state index contributed by atoms with van der Waals surface area (Å²) in [5.74, 6) is -0.926. The van der Waals surface area contributed by atoms with Crippen LogP contribution in [0.25, 0.3) is 0 Å². The maximum Gasteiger partial charge on any atom is 0.141 e. The van der Waals surface area contributed by atoms with Crippen molar-refractivity contribution in [3.8, 4) is 0 Å². The summed E-state index contributed by atoms with van der Waals surface area (Å²) in [5.41, 5.74) is 0.956. The summed E-state index contributed by atoms with van der Waals surface area (Å²) in [6, 6.07) is 8.63. The molecule has 0 aromatic heterocycles. The van der Waals surface area contributed by atoms with Crippen molar-refractivity contribution in [2.75, 3.05) is 0 Å². The molecule has 0 bridgehead atoms. The predicted octanol–water partition coefficient (Wildman–Crippen LogP) is 5.79. The fraction of sp³-hybridized carbons (Fsp3) is 0.143. The molecule has 0 N–H and O–H groups in total. The minimum atomic E-state index is -0.535. The average molecular weight is 322 g/mol. The van der Waals surface area contributed by atoms with Gasteiger partial charge in [0.2, 0.25) is 0 Å². The maximum atomic E-state index is 13.6. The Morgan fingerprint density at radius 1 is 0.947 bits per heavy atom. The van der Waals surface area contributed by atoms with Gasteiger partial charge in [0.25, 0.3) is 0 Å². The summed E-state index contributed by atoms with van der Waals surface area (Å²) in [7, 11) is 0. The third-order valence-corrected chi connectivity index (χ3v) is 3.80. The van der Waals surface area contributed by atoms with Crippen LogP contribution in [0.3, 0.4) is 0 Å². The number of hydrogen-bond acceptors (Lipinski definition) is 0. The second kappa shape index (κ2) is 6.08. The fourth-order valence-corrected chi connectivity index (χ4v) is 2.45. The predicted molar refractivity (Wildman–Crippen MR) is 75.1 cm³/mol. The highest BCUT2D eigenvalue weighted by atomic mass is 35.5. The standard InChI is InChI=1S/C14H9Cl3F2/c15-10-2-1-3-13(18)9(10)7-11(16)8-4-5-14(19)12(17)6-8/h1-6,11H,7H2. The van der Waals surface area contributed by atoms with Gasteiger partial charge < -0.3 is 0 Å². The molecule has 2 aromatic rings. The number of alkyl halides is 1. The summed E-state index contributed by atoms with van der Waals surface area (Å²) in [6.07, 6.45) is 0.203. The van der Waals surface area contributed by atoms with Crippen LogP contribution in [-0.2, 0) is 6.42 Å².